The molecule has 0 N–H and O–H groups in total. The van der Waals surface area contributed by atoms with E-state index in [0.717, 1.165) is 69.8 Å². The van der Waals surface area contributed by atoms with Gasteiger partial charge in [-0.25, -0.2) is 4.79 Å². The van der Waals surface area contributed by atoms with Crippen LogP contribution in [-0.4, -0.2) is 39.7 Å². The van der Waals surface area contributed by atoms with Gasteiger partial charge in [-0.2, -0.15) is 0 Å². The molecule has 1 aliphatic heterocycles. The van der Waals surface area contributed by atoms with Crippen molar-refractivity contribution in [2.45, 2.75) is 89.6 Å². The first-order valence-electron chi connectivity index (χ1n) is 11.3. The Morgan fingerprint density at radius 2 is 1.21 bits per heavy atom. The number of imide groups is 2. The number of carbonyl (C=O) groups excluding carboxylic acids is 3. The van der Waals surface area contributed by atoms with Gasteiger partial charge in [-0.3, -0.25) is 19.4 Å². The number of nitrogens with zero attached hydrogens (tertiary/aromatic N) is 2. The third-order valence-corrected chi connectivity index (χ3v) is 7.07. The van der Waals surface area contributed by atoms with Crippen molar-refractivity contribution in [1.82, 2.24) is 9.80 Å². The molecular weight excluding hydrogens is 364 g/mol. The highest BCUT2D eigenvalue weighted by molar-refractivity contribution is 6.19. The lowest BCUT2D eigenvalue weighted by Crippen LogP contribution is -2.69. The van der Waals surface area contributed by atoms with Crippen molar-refractivity contribution >= 4 is 17.8 Å². The summed E-state index contributed by atoms with van der Waals surface area (Å²) < 4.78 is 0. The van der Waals surface area contributed by atoms with E-state index in [1.165, 1.54) is 9.80 Å². The first-order valence-corrected chi connectivity index (χ1v) is 11.3. The smallest absolute Gasteiger partial charge is 0.273 e. The largest absolute Gasteiger partial charge is 0.333 e. The van der Waals surface area contributed by atoms with E-state index in [1.807, 2.05) is 30.3 Å². The monoisotopic (exact) mass is 396 g/mol. The fraction of sp³-hybridized carbons (Fsp3) is 0.625. The molecule has 1 aromatic carbocycles. The molecule has 1 aromatic rings. The van der Waals surface area contributed by atoms with E-state index in [4.69, 9.17) is 0 Å². The molecular formula is C24H32N2O3. The summed E-state index contributed by atoms with van der Waals surface area (Å²) in [6.07, 6.45) is 10.2. The average Bonchev–Trinajstić information content (AvgIpc) is 2.75. The fourth-order valence-electron chi connectivity index (χ4n) is 5.39. The first kappa shape index (κ1) is 20.1. The van der Waals surface area contributed by atoms with Gasteiger partial charge >= 0.3 is 6.03 Å². The molecule has 3 fully saturated rings. The van der Waals surface area contributed by atoms with Crippen molar-refractivity contribution in [3.63, 3.8) is 0 Å². The summed E-state index contributed by atoms with van der Waals surface area (Å²) in [4.78, 5) is 43.8. The predicted octanol–water partition coefficient (Wildman–Crippen LogP) is 4.69. The van der Waals surface area contributed by atoms with Crippen molar-refractivity contribution < 1.29 is 14.4 Å². The molecule has 3 aliphatic rings. The highest BCUT2D eigenvalue weighted by atomic mass is 16.2. The molecule has 0 atom stereocenters. The van der Waals surface area contributed by atoms with Crippen molar-refractivity contribution in [3.8, 4) is 0 Å². The summed E-state index contributed by atoms with van der Waals surface area (Å²) in [6.45, 7) is 1.75. The lowest BCUT2D eigenvalue weighted by Gasteiger charge is -2.48. The lowest BCUT2D eigenvalue weighted by atomic mass is 9.77. The molecule has 5 nitrogen and oxygen atoms in total. The average molecular weight is 397 g/mol. The number of urea groups is 1. The minimum Gasteiger partial charge on any atom is -0.273 e. The molecule has 0 spiro atoms. The highest BCUT2D eigenvalue weighted by Gasteiger charge is 2.57. The van der Waals surface area contributed by atoms with Crippen molar-refractivity contribution in [3.05, 3.63) is 35.9 Å². The van der Waals surface area contributed by atoms with E-state index in [2.05, 4.69) is 0 Å². The molecule has 0 unspecified atom stereocenters. The number of hydrogen-bond donors (Lipinski definition) is 0. The van der Waals surface area contributed by atoms with Crippen LogP contribution in [0.5, 0.6) is 0 Å². The van der Waals surface area contributed by atoms with Crippen molar-refractivity contribution in [2.75, 3.05) is 0 Å². The van der Waals surface area contributed by atoms with E-state index in [-0.39, 0.29) is 29.9 Å². The Bertz CT molecular complexity index is 724. The Morgan fingerprint density at radius 1 is 0.759 bits per heavy atom. The number of benzene rings is 1. The zero-order valence-electron chi connectivity index (χ0n) is 17.4. The number of rotatable bonds is 4. The SMILES string of the molecule is CC1(Cc2ccccc2)C(=O)N(C2CCCCC2)C(=O)N(C2CCCCC2)C1=O. The molecule has 2 aliphatic carbocycles. The van der Waals surface area contributed by atoms with Crippen LogP contribution in [0, 0.1) is 5.41 Å². The second-order valence-electron chi connectivity index (χ2n) is 9.21. The van der Waals surface area contributed by atoms with Crippen LogP contribution in [0.2, 0.25) is 0 Å². The van der Waals surface area contributed by atoms with Crippen LogP contribution >= 0.6 is 0 Å². The van der Waals surface area contributed by atoms with Crippen LogP contribution in [0.1, 0.15) is 76.7 Å². The Morgan fingerprint density at radius 3 is 1.66 bits per heavy atom. The van der Waals surface area contributed by atoms with Crippen LogP contribution in [-0.2, 0) is 16.0 Å². The maximum absolute atomic E-state index is 13.7. The maximum Gasteiger partial charge on any atom is 0.333 e. The summed E-state index contributed by atoms with van der Waals surface area (Å²) >= 11 is 0. The fourth-order valence-corrected chi connectivity index (χ4v) is 5.39. The molecule has 1 heterocycles. The van der Waals surface area contributed by atoms with Crippen molar-refractivity contribution in [2.24, 2.45) is 5.41 Å². The van der Waals surface area contributed by atoms with Gasteiger partial charge < -0.3 is 0 Å². The molecule has 2 saturated carbocycles. The van der Waals surface area contributed by atoms with Gasteiger partial charge in [-0.15, -0.1) is 0 Å². The quantitative estimate of drug-likeness (QED) is 0.694. The minimum atomic E-state index is -1.22. The molecule has 0 bridgehead atoms. The van der Waals surface area contributed by atoms with Gasteiger partial charge in [0.25, 0.3) is 0 Å². The number of amides is 4. The van der Waals surface area contributed by atoms with Crippen LogP contribution in [0.15, 0.2) is 30.3 Å². The molecule has 29 heavy (non-hydrogen) atoms. The van der Waals surface area contributed by atoms with E-state index in [9.17, 15) is 14.4 Å². The predicted molar refractivity (Wildman–Crippen MR) is 111 cm³/mol. The second kappa shape index (κ2) is 8.29. The van der Waals surface area contributed by atoms with Gasteiger partial charge in [-0.05, 0) is 44.6 Å². The summed E-state index contributed by atoms with van der Waals surface area (Å²) in [6, 6.07) is 9.21. The summed E-state index contributed by atoms with van der Waals surface area (Å²) in [5.74, 6) is -0.592. The Kier molecular flexibility index (Phi) is 5.75. The van der Waals surface area contributed by atoms with E-state index in [0.29, 0.717) is 6.42 Å². The van der Waals surface area contributed by atoms with Crippen LogP contribution in [0.25, 0.3) is 0 Å². The third-order valence-electron chi connectivity index (χ3n) is 7.07. The molecule has 4 rings (SSSR count). The molecule has 156 valence electrons. The van der Waals surface area contributed by atoms with Gasteiger partial charge in [0.2, 0.25) is 11.8 Å². The van der Waals surface area contributed by atoms with E-state index < -0.39 is 5.41 Å². The molecule has 5 heteroatoms. The molecule has 4 amide bonds. The van der Waals surface area contributed by atoms with Gasteiger partial charge in [0, 0.05) is 12.1 Å². The van der Waals surface area contributed by atoms with Crippen LogP contribution in [0.3, 0.4) is 0 Å². The van der Waals surface area contributed by atoms with Crippen molar-refractivity contribution in [1.29, 1.82) is 0 Å². The number of barbiturate groups is 1. The van der Waals surface area contributed by atoms with E-state index in [1.54, 1.807) is 6.92 Å². The maximum atomic E-state index is 13.7. The Balaban J connectivity index is 1.71. The normalized spacial score (nSPS) is 24.2. The molecule has 1 saturated heterocycles. The number of hydrogen-bond acceptors (Lipinski definition) is 3. The van der Waals surface area contributed by atoms with E-state index >= 15 is 0 Å². The second-order valence-corrected chi connectivity index (χ2v) is 9.21. The molecule has 0 aromatic heterocycles. The molecule has 0 radical (unpaired) electrons. The standard InChI is InChI=1S/C24H32N2O3/c1-24(17-18-11-5-2-6-12-18)21(27)25(19-13-7-3-8-14-19)23(29)26(22(24)28)20-15-9-4-10-16-20/h2,5-6,11-12,19-20H,3-4,7-10,13-17H2,1H3. The summed E-state index contributed by atoms with van der Waals surface area (Å²) in [5.41, 5.74) is -0.261. The van der Waals surface area contributed by atoms with Gasteiger partial charge in [0.15, 0.2) is 0 Å². The zero-order chi connectivity index (χ0) is 20.4. The zero-order valence-corrected chi connectivity index (χ0v) is 17.4. The van der Waals surface area contributed by atoms with Gasteiger partial charge in [-0.1, -0.05) is 68.9 Å². The van der Waals surface area contributed by atoms with Crippen LogP contribution < -0.4 is 0 Å². The van der Waals surface area contributed by atoms with Crippen LogP contribution in [0.4, 0.5) is 4.79 Å². The summed E-state index contributed by atoms with van der Waals surface area (Å²) in [7, 11) is 0. The minimum absolute atomic E-state index is 0.0713. The lowest BCUT2D eigenvalue weighted by molar-refractivity contribution is -0.161. The van der Waals surface area contributed by atoms with Gasteiger partial charge in [0.05, 0.1) is 0 Å². The van der Waals surface area contributed by atoms with Gasteiger partial charge in [0.1, 0.15) is 5.41 Å². The number of carbonyl (C=O) groups is 3. The Hall–Kier alpha value is -2.17. The third kappa shape index (κ3) is 3.72. The highest BCUT2D eigenvalue weighted by Crippen LogP contribution is 2.39. The topological polar surface area (TPSA) is 57.7 Å². The summed E-state index contributed by atoms with van der Waals surface area (Å²) in [5, 5.41) is 0. The Labute approximate surface area is 173 Å². The first-order chi connectivity index (χ1) is 14.0.